The van der Waals surface area contributed by atoms with Gasteiger partial charge >= 0.3 is 0 Å². The Morgan fingerprint density at radius 2 is 1.44 bits per heavy atom. The van der Waals surface area contributed by atoms with Gasteiger partial charge in [0, 0.05) is 11.6 Å². The number of hydrogen-bond donors (Lipinski definition) is 3. The third-order valence-electron chi connectivity index (χ3n) is 4.17. The number of aromatic hydroxyl groups is 3. The lowest BCUT2D eigenvalue weighted by Gasteiger charge is -2.19. The van der Waals surface area contributed by atoms with Crippen LogP contribution in [0, 0.1) is 13.8 Å². The Kier molecular flexibility index (Phi) is 4.74. The summed E-state index contributed by atoms with van der Waals surface area (Å²) in [5, 5.41) is 31.0. The number of carbonyl (C=O) groups excluding carboxylic acids is 2. The van der Waals surface area contributed by atoms with Crippen LogP contribution in [0.3, 0.4) is 0 Å². The zero-order chi connectivity index (χ0) is 19.0. The minimum absolute atomic E-state index is 0.0270. The number of Topliss-reactive ketones (excluding diaryl/α,β-unsaturated/α-hetero) is 2. The quantitative estimate of drug-likeness (QED) is 0.733. The number of carbonyl (C=O) groups is 2. The van der Waals surface area contributed by atoms with Crippen LogP contribution in [0.4, 0.5) is 0 Å². The molecule has 0 aromatic heterocycles. The predicted molar refractivity (Wildman–Crippen MR) is 92.9 cm³/mol. The van der Waals surface area contributed by atoms with Gasteiger partial charge in [-0.1, -0.05) is 0 Å². The van der Waals surface area contributed by atoms with Crippen LogP contribution in [0.1, 0.15) is 45.7 Å². The number of phenolic OH excluding ortho intramolecular Hbond substituents is 3. The van der Waals surface area contributed by atoms with Crippen LogP contribution in [0.15, 0.2) is 12.1 Å². The van der Waals surface area contributed by atoms with Crippen molar-refractivity contribution < 1.29 is 29.6 Å². The van der Waals surface area contributed by atoms with Crippen LogP contribution in [0.5, 0.6) is 23.0 Å². The maximum Gasteiger partial charge on any atom is 0.163 e. The number of benzene rings is 2. The molecule has 0 unspecified atom stereocenters. The second-order valence-electron chi connectivity index (χ2n) is 5.90. The lowest BCUT2D eigenvalue weighted by Crippen LogP contribution is -2.04. The Morgan fingerprint density at radius 3 is 1.92 bits per heavy atom. The number of hydrogen-bond acceptors (Lipinski definition) is 6. The van der Waals surface area contributed by atoms with Crippen molar-refractivity contribution >= 4 is 11.6 Å². The van der Waals surface area contributed by atoms with E-state index >= 15 is 0 Å². The van der Waals surface area contributed by atoms with Gasteiger partial charge in [-0.2, -0.15) is 0 Å². The van der Waals surface area contributed by atoms with Gasteiger partial charge < -0.3 is 20.1 Å². The Labute approximate surface area is 145 Å². The van der Waals surface area contributed by atoms with E-state index in [2.05, 4.69) is 0 Å². The molecule has 0 amide bonds. The minimum Gasteiger partial charge on any atom is -0.507 e. The molecule has 0 bridgehead atoms. The molecule has 0 aliphatic carbocycles. The first-order valence-corrected chi connectivity index (χ1v) is 7.60. The second kappa shape index (κ2) is 6.47. The molecule has 3 N–H and O–H groups in total. The number of methoxy groups -OCH3 is 1. The summed E-state index contributed by atoms with van der Waals surface area (Å²) in [4.78, 5) is 23.8. The zero-order valence-corrected chi connectivity index (χ0v) is 14.7. The van der Waals surface area contributed by atoms with Gasteiger partial charge in [-0.15, -0.1) is 0 Å². The normalized spacial score (nSPS) is 10.6. The van der Waals surface area contributed by atoms with E-state index in [9.17, 15) is 24.9 Å². The predicted octanol–water partition coefficient (Wildman–Crippen LogP) is 3.50. The minimum atomic E-state index is -0.395. The highest BCUT2D eigenvalue weighted by atomic mass is 16.5. The number of phenols is 3. The molecule has 0 atom stereocenters. The fourth-order valence-corrected chi connectivity index (χ4v) is 3.16. The lowest BCUT2D eigenvalue weighted by molar-refractivity contribution is 0.100. The Balaban J connectivity index is 3.01. The molecule has 6 heteroatoms. The molecule has 0 saturated carbocycles. The van der Waals surface area contributed by atoms with Gasteiger partial charge in [0.2, 0.25) is 0 Å². The van der Waals surface area contributed by atoms with Crippen LogP contribution >= 0.6 is 0 Å². The Bertz CT molecular complexity index is 896. The van der Waals surface area contributed by atoms with Crippen LogP contribution in [0.25, 0.3) is 11.1 Å². The zero-order valence-electron chi connectivity index (χ0n) is 14.7. The summed E-state index contributed by atoms with van der Waals surface area (Å²) in [7, 11) is 1.39. The van der Waals surface area contributed by atoms with Crippen molar-refractivity contribution in [3.8, 4) is 34.1 Å². The van der Waals surface area contributed by atoms with Crippen molar-refractivity contribution in [2.24, 2.45) is 0 Å². The smallest absolute Gasteiger partial charge is 0.163 e. The van der Waals surface area contributed by atoms with E-state index in [0.717, 1.165) is 6.07 Å². The van der Waals surface area contributed by atoms with Crippen LogP contribution in [-0.2, 0) is 0 Å². The average Bonchev–Trinajstić information content (AvgIpc) is 2.47. The second-order valence-corrected chi connectivity index (χ2v) is 5.90. The van der Waals surface area contributed by atoms with Crippen molar-refractivity contribution in [1.29, 1.82) is 0 Å². The maximum atomic E-state index is 11.9. The SMILES string of the molecule is COc1cc(C)c(C(C)=O)c(O)c1-c1c(O)cc(O)c(C(C)=O)c1C. The van der Waals surface area contributed by atoms with Crippen molar-refractivity contribution in [1.82, 2.24) is 0 Å². The molecule has 0 radical (unpaired) electrons. The molecule has 0 fully saturated rings. The van der Waals surface area contributed by atoms with Crippen molar-refractivity contribution in [3.63, 3.8) is 0 Å². The van der Waals surface area contributed by atoms with Gasteiger partial charge in [-0.3, -0.25) is 9.59 Å². The molecule has 25 heavy (non-hydrogen) atoms. The molecule has 0 aliphatic heterocycles. The largest absolute Gasteiger partial charge is 0.507 e. The monoisotopic (exact) mass is 344 g/mol. The van der Waals surface area contributed by atoms with Crippen LogP contribution in [-0.4, -0.2) is 34.0 Å². The lowest BCUT2D eigenvalue weighted by atomic mass is 9.89. The standard InChI is InChI=1S/C19H20O6/c1-8-6-14(25-5)18(19(24)15(8)10(3)20)17-9(2)16(11(4)21)12(22)7-13(17)23/h6-7,22-24H,1-5H3. The molecule has 0 spiro atoms. The molecular formula is C19H20O6. The molecule has 2 rings (SSSR count). The summed E-state index contributed by atoms with van der Waals surface area (Å²) >= 11 is 0. The van der Waals surface area contributed by atoms with E-state index in [4.69, 9.17) is 4.74 Å². The Morgan fingerprint density at radius 1 is 0.880 bits per heavy atom. The van der Waals surface area contributed by atoms with Gasteiger partial charge in [0.1, 0.15) is 23.0 Å². The van der Waals surface area contributed by atoms with E-state index in [-0.39, 0.29) is 56.6 Å². The summed E-state index contributed by atoms with van der Waals surface area (Å²) in [5.41, 5.74) is 1.15. The molecule has 2 aromatic rings. The first-order chi connectivity index (χ1) is 11.6. The number of aryl methyl sites for hydroxylation is 1. The fraction of sp³-hybridized carbons (Fsp3) is 0.263. The molecule has 0 aliphatic rings. The number of ether oxygens (including phenoxy) is 1. The highest BCUT2D eigenvalue weighted by molar-refractivity contribution is 6.05. The van der Waals surface area contributed by atoms with E-state index in [1.165, 1.54) is 27.9 Å². The molecular weight excluding hydrogens is 324 g/mol. The molecule has 6 nitrogen and oxygen atoms in total. The van der Waals surface area contributed by atoms with Gasteiger partial charge in [-0.25, -0.2) is 0 Å². The highest BCUT2D eigenvalue weighted by Gasteiger charge is 2.26. The highest BCUT2D eigenvalue weighted by Crippen LogP contribution is 2.48. The average molecular weight is 344 g/mol. The van der Waals surface area contributed by atoms with Gasteiger partial charge in [0.15, 0.2) is 11.6 Å². The van der Waals surface area contributed by atoms with Crippen molar-refractivity contribution in [2.45, 2.75) is 27.7 Å². The van der Waals surface area contributed by atoms with Gasteiger partial charge in [0.05, 0.1) is 23.8 Å². The van der Waals surface area contributed by atoms with E-state index in [0.29, 0.717) is 5.56 Å². The molecule has 0 heterocycles. The van der Waals surface area contributed by atoms with Crippen molar-refractivity contribution in [2.75, 3.05) is 7.11 Å². The number of ketones is 2. The van der Waals surface area contributed by atoms with E-state index in [1.807, 2.05) is 0 Å². The van der Waals surface area contributed by atoms with Gasteiger partial charge in [-0.05, 0) is 44.9 Å². The maximum absolute atomic E-state index is 11.9. The van der Waals surface area contributed by atoms with E-state index < -0.39 is 5.78 Å². The molecule has 2 aromatic carbocycles. The summed E-state index contributed by atoms with van der Waals surface area (Å²) in [5.74, 6) is -1.55. The third-order valence-corrected chi connectivity index (χ3v) is 4.17. The number of rotatable bonds is 4. The topological polar surface area (TPSA) is 104 Å². The van der Waals surface area contributed by atoms with E-state index in [1.54, 1.807) is 13.0 Å². The van der Waals surface area contributed by atoms with Crippen molar-refractivity contribution in [3.05, 3.63) is 34.4 Å². The van der Waals surface area contributed by atoms with Gasteiger partial charge in [0.25, 0.3) is 0 Å². The molecule has 0 saturated heterocycles. The summed E-state index contributed by atoms with van der Waals surface area (Å²) < 4.78 is 5.31. The third kappa shape index (κ3) is 2.91. The fourth-order valence-electron chi connectivity index (χ4n) is 3.16. The summed E-state index contributed by atoms with van der Waals surface area (Å²) in [6.45, 7) is 5.81. The first kappa shape index (κ1) is 18.3. The molecule has 132 valence electrons. The van der Waals surface area contributed by atoms with Crippen LogP contribution in [0.2, 0.25) is 0 Å². The summed E-state index contributed by atoms with van der Waals surface area (Å²) in [6, 6.07) is 2.61. The first-order valence-electron chi connectivity index (χ1n) is 7.60. The summed E-state index contributed by atoms with van der Waals surface area (Å²) in [6.07, 6.45) is 0. The Hall–Kier alpha value is -3.02. The van der Waals surface area contributed by atoms with Crippen LogP contribution < -0.4 is 4.74 Å².